The van der Waals surface area contributed by atoms with Gasteiger partial charge in [-0.15, -0.1) is 0 Å². The topological polar surface area (TPSA) is 0 Å². The largest absolute Gasteiger partial charge is 0.0988 e. The van der Waals surface area contributed by atoms with Gasteiger partial charge in [0.05, 0.1) is 0 Å². The molecule has 0 N–H and O–H groups in total. The molecule has 0 aromatic rings. The van der Waals surface area contributed by atoms with E-state index in [1.165, 1.54) is 35.1 Å². The van der Waals surface area contributed by atoms with Gasteiger partial charge in [0, 0.05) is 0 Å². The normalized spacial score (nSPS) is 28.2. The molecule has 0 nitrogen and oxygen atoms in total. The van der Waals surface area contributed by atoms with E-state index in [1.54, 1.807) is 0 Å². The SMILES string of the molecule is C=CC1=CC(=CC2=CC(=CC)CC(C)(C)C2)CC(C)(C)C1. The Kier molecular flexibility index (Phi) is 4.46. The summed E-state index contributed by atoms with van der Waals surface area (Å²) in [7, 11) is 0. The summed E-state index contributed by atoms with van der Waals surface area (Å²) in [5.41, 5.74) is 6.50. The first kappa shape index (κ1) is 16.1. The molecule has 0 unspecified atom stereocenters. The lowest BCUT2D eigenvalue weighted by atomic mass is 9.72. The molecule has 0 spiro atoms. The van der Waals surface area contributed by atoms with Gasteiger partial charge >= 0.3 is 0 Å². The van der Waals surface area contributed by atoms with E-state index < -0.39 is 0 Å². The average Bonchev–Trinajstić information content (AvgIpc) is 2.34. The Morgan fingerprint density at radius 2 is 1.38 bits per heavy atom. The van der Waals surface area contributed by atoms with Gasteiger partial charge < -0.3 is 0 Å². The molecule has 21 heavy (non-hydrogen) atoms. The maximum atomic E-state index is 3.96. The van der Waals surface area contributed by atoms with E-state index >= 15 is 0 Å². The fourth-order valence-corrected chi connectivity index (χ4v) is 3.76. The van der Waals surface area contributed by atoms with Crippen LogP contribution in [0.5, 0.6) is 0 Å². The molecular formula is C21H30. The van der Waals surface area contributed by atoms with Crippen molar-refractivity contribution in [3.8, 4) is 0 Å². The van der Waals surface area contributed by atoms with Crippen molar-refractivity contribution in [3.63, 3.8) is 0 Å². The van der Waals surface area contributed by atoms with Crippen LogP contribution >= 0.6 is 0 Å². The molecule has 0 radical (unpaired) electrons. The van der Waals surface area contributed by atoms with E-state index in [2.05, 4.69) is 65.5 Å². The van der Waals surface area contributed by atoms with E-state index in [0.717, 1.165) is 12.8 Å². The van der Waals surface area contributed by atoms with Crippen molar-refractivity contribution < 1.29 is 0 Å². The molecule has 2 rings (SSSR count). The van der Waals surface area contributed by atoms with Crippen LogP contribution in [0, 0.1) is 10.8 Å². The van der Waals surface area contributed by atoms with Gasteiger partial charge in [0.25, 0.3) is 0 Å². The minimum atomic E-state index is 0.346. The average molecular weight is 282 g/mol. The second kappa shape index (κ2) is 5.83. The molecule has 114 valence electrons. The number of rotatable bonds is 2. The molecule has 0 aromatic carbocycles. The Balaban J connectivity index is 2.34. The van der Waals surface area contributed by atoms with Gasteiger partial charge in [0.2, 0.25) is 0 Å². The molecule has 0 amide bonds. The molecule has 0 aromatic heterocycles. The zero-order chi connectivity index (χ0) is 15.7. The highest BCUT2D eigenvalue weighted by Crippen LogP contribution is 2.42. The second-order valence-corrected chi connectivity index (χ2v) is 8.26. The quantitative estimate of drug-likeness (QED) is 0.539. The van der Waals surface area contributed by atoms with Crippen LogP contribution < -0.4 is 0 Å². The summed E-state index contributed by atoms with van der Waals surface area (Å²) in [4.78, 5) is 0. The second-order valence-electron chi connectivity index (χ2n) is 8.26. The van der Waals surface area contributed by atoms with Gasteiger partial charge in [-0.25, -0.2) is 0 Å². The molecule has 0 saturated carbocycles. The summed E-state index contributed by atoms with van der Waals surface area (Å²) in [6.07, 6.45) is 16.1. The Morgan fingerprint density at radius 1 is 0.857 bits per heavy atom. The van der Waals surface area contributed by atoms with Crippen LogP contribution in [0.15, 0.2) is 59.3 Å². The van der Waals surface area contributed by atoms with Crippen LogP contribution in [0.25, 0.3) is 0 Å². The molecule has 2 aliphatic carbocycles. The third kappa shape index (κ3) is 4.33. The monoisotopic (exact) mass is 282 g/mol. The molecule has 0 heteroatoms. The third-order valence-corrected chi connectivity index (χ3v) is 4.48. The first-order chi connectivity index (χ1) is 9.73. The Labute approximate surface area is 131 Å². The maximum absolute atomic E-state index is 3.96. The highest BCUT2D eigenvalue weighted by Gasteiger charge is 2.27. The molecule has 0 saturated heterocycles. The number of hydrogen-bond acceptors (Lipinski definition) is 0. The first-order valence-corrected chi connectivity index (χ1v) is 8.12. The van der Waals surface area contributed by atoms with Crippen molar-refractivity contribution in [2.45, 2.75) is 60.3 Å². The summed E-state index contributed by atoms with van der Waals surface area (Å²) in [5, 5.41) is 0. The van der Waals surface area contributed by atoms with Gasteiger partial charge in [-0.3, -0.25) is 0 Å². The van der Waals surface area contributed by atoms with Crippen molar-refractivity contribution in [1.29, 1.82) is 0 Å². The van der Waals surface area contributed by atoms with Crippen LogP contribution in [0.2, 0.25) is 0 Å². The maximum Gasteiger partial charge on any atom is -0.0224 e. The summed E-state index contributed by atoms with van der Waals surface area (Å²) in [6.45, 7) is 15.6. The highest BCUT2D eigenvalue weighted by molar-refractivity contribution is 5.42. The molecule has 2 aliphatic rings. The summed E-state index contributed by atoms with van der Waals surface area (Å²) in [5.74, 6) is 0. The van der Waals surface area contributed by atoms with E-state index in [4.69, 9.17) is 0 Å². The minimum Gasteiger partial charge on any atom is -0.0988 e. The van der Waals surface area contributed by atoms with Crippen LogP contribution in [0.3, 0.4) is 0 Å². The van der Waals surface area contributed by atoms with Crippen LogP contribution in [-0.2, 0) is 0 Å². The molecular weight excluding hydrogens is 252 g/mol. The smallest absolute Gasteiger partial charge is 0.0224 e. The van der Waals surface area contributed by atoms with Gasteiger partial charge in [-0.2, -0.15) is 0 Å². The zero-order valence-electron chi connectivity index (χ0n) is 14.4. The van der Waals surface area contributed by atoms with Crippen LogP contribution in [0.4, 0.5) is 0 Å². The van der Waals surface area contributed by atoms with Crippen molar-refractivity contribution in [1.82, 2.24) is 0 Å². The molecule has 0 aliphatic heterocycles. The van der Waals surface area contributed by atoms with Gasteiger partial charge in [0.15, 0.2) is 0 Å². The van der Waals surface area contributed by atoms with Gasteiger partial charge in [-0.05, 0) is 60.2 Å². The summed E-state index contributed by atoms with van der Waals surface area (Å²) in [6, 6.07) is 0. The van der Waals surface area contributed by atoms with E-state index in [9.17, 15) is 0 Å². The van der Waals surface area contributed by atoms with E-state index in [0.29, 0.717) is 10.8 Å². The van der Waals surface area contributed by atoms with Gasteiger partial charge in [-0.1, -0.05) is 70.2 Å². The molecule has 0 heterocycles. The summed E-state index contributed by atoms with van der Waals surface area (Å²) >= 11 is 0. The lowest BCUT2D eigenvalue weighted by molar-refractivity contribution is 0.350. The van der Waals surface area contributed by atoms with Crippen molar-refractivity contribution in [2.24, 2.45) is 10.8 Å². The fourth-order valence-electron chi connectivity index (χ4n) is 3.76. The fraction of sp³-hybridized carbons (Fsp3) is 0.524. The van der Waals surface area contributed by atoms with Crippen molar-refractivity contribution in [3.05, 3.63) is 59.3 Å². The van der Waals surface area contributed by atoms with E-state index in [1.807, 2.05) is 6.08 Å². The van der Waals surface area contributed by atoms with Crippen LogP contribution in [-0.4, -0.2) is 0 Å². The lowest BCUT2D eigenvalue weighted by Crippen LogP contribution is -2.18. The molecule has 0 fully saturated rings. The Morgan fingerprint density at radius 3 is 1.95 bits per heavy atom. The Hall–Kier alpha value is -1.30. The molecule has 0 bridgehead atoms. The minimum absolute atomic E-state index is 0.346. The van der Waals surface area contributed by atoms with Crippen LogP contribution in [0.1, 0.15) is 60.3 Å². The molecule has 0 atom stereocenters. The van der Waals surface area contributed by atoms with Crippen molar-refractivity contribution in [2.75, 3.05) is 0 Å². The number of allylic oxidation sites excluding steroid dienone is 9. The lowest BCUT2D eigenvalue weighted by Gasteiger charge is -2.33. The van der Waals surface area contributed by atoms with Gasteiger partial charge in [0.1, 0.15) is 0 Å². The summed E-state index contributed by atoms with van der Waals surface area (Å²) < 4.78 is 0. The van der Waals surface area contributed by atoms with E-state index in [-0.39, 0.29) is 0 Å². The number of hydrogen-bond donors (Lipinski definition) is 0. The predicted octanol–water partition coefficient (Wildman–Crippen LogP) is 6.54. The van der Waals surface area contributed by atoms with Crippen molar-refractivity contribution >= 4 is 0 Å². The Bertz CT molecular complexity index is 545. The highest BCUT2D eigenvalue weighted by atomic mass is 14.3. The first-order valence-electron chi connectivity index (χ1n) is 8.12. The zero-order valence-corrected chi connectivity index (χ0v) is 14.4. The standard InChI is InChI=1S/C21H30/c1-7-16-9-18(14-20(3,4)12-16)11-19-10-17(8-2)13-21(5,6)15-19/h7-11H,1,12-15H2,2-6H3. The predicted molar refractivity (Wildman–Crippen MR) is 94.2 cm³/mol. The third-order valence-electron chi connectivity index (χ3n) is 4.48.